The number of aromatic nitrogens is 2. The van der Waals surface area contributed by atoms with Crippen molar-refractivity contribution in [3.63, 3.8) is 0 Å². The molecule has 7 nitrogen and oxygen atoms in total. The minimum absolute atomic E-state index is 0.238. The molecule has 0 aliphatic rings. The van der Waals surface area contributed by atoms with Gasteiger partial charge in [-0.3, -0.25) is 0 Å². The molecule has 0 unspecified atom stereocenters. The van der Waals surface area contributed by atoms with E-state index in [1.807, 2.05) is 36.4 Å². The molecule has 0 aliphatic carbocycles. The average molecular weight is 476 g/mol. The first-order chi connectivity index (χ1) is 16.5. The van der Waals surface area contributed by atoms with Crippen molar-refractivity contribution in [2.24, 2.45) is 0 Å². The quantitative estimate of drug-likeness (QED) is 0.283. The summed E-state index contributed by atoms with van der Waals surface area (Å²) >= 11 is 1.47. The molecule has 0 fully saturated rings. The molecule has 0 aliphatic heterocycles. The number of carbonyl (C=O) groups is 1. The summed E-state index contributed by atoms with van der Waals surface area (Å²) in [5, 5.41) is 13.2. The number of hydrogen-bond acceptors (Lipinski definition) is 7. The van der Waals surface area contributed by atoms with E-state index in [0.29, 0.717) is 5.82 Å². The zero-order valence-electron chi connectivity index (χ0n) is 19.2. The van der Waals surface area contributed by atoms with E-state index in [4.69, 9.17) is 24.5 Å². The van der Waals surface area contributed by atoms with E-state index in [2.05, 4.69) is 19.2 Å². The SMILES string of the molecule is CCc1nc(-c2ccc(Oc3ccc(OC)cc3)s2)nc(Nc2ccc(C(=O)O)cc2)c1CC. The second-order valence-electron chi connectivity index (χ2n) is 7.43. The minimum Gasteiger partial charge on any atom is -0.497 e. The Kier molecular flexibility index (Phi) is 7.08. The van der Waals surface area contributed by atoms with Crippen LogP contribution in [0, 0.1) is 0 Å². The Bertz CT molecular complexity index is 1280. The molecule has 0 spiro atoms. The second-order valence-corrected chi connectivity index (χ2v) is 8.48. The topological polar surface area (TPSA) is 93.6 Å². The highest BCUT2D eigenvalue weighted by Gasteiger charge is 2.16. The first-order valence-electron chi connectivity index (χ1n) is 10.9. The molecule has 2 aromatic carbocycles. The average Bonchev–Trinajstić information content (AvgIpc) is 3.32. The monoisotopic (exact) mass is 475 g/mol. The number of nitrogens with zero attached hydrogens (tertiary/aromatic N) is 2. The molecular formula is C26H25N3O4S. The van der Waals surface area contributed by atoms with E-state index in [9.17, 15) is 4.79 Å². The van der Waals surface area contributed by atoms with Crippen LogP contribution >= 0.6 is 11.3 Å². The predicted molar refractivity (Wildman–Crippen MR) is 134 cm³/mol. The fourth-order valence-corrected chi connectivity index (χ4v) is 4.31. The molecule has 4 rings (SSSR count). The number of carboxylic acid groups (broad SMARTS) is 1. The smallest absolute Gasteiger partial charge is 0.335 e. The first kappa shape index (κ1) is 23.3. The summed E-state index contributed by atoms with van der Waals surface area (Å²) in [4.78, 5) is 21.7. The summed E-state index contributed by atoms with van der Waals surface area (Å²) in [6, 6.07) is 17.9. The van der Waals surface area contributed by atoms with Crippen LogP contribution in [0.2, 0.25) is 0 Å². The van der Waals surface area contributed by atoms with Gasteiger partial charge in [0.15, 0.2) is 10.9 Å². The van der Waals surface area contributed by atoms with E-state index in [1.165, 1.54) is 11.3 Å². The molecule has 2 aromatic heterocycles. The number of carboxylic acids is 1. The van der Waals surface area contributed by atoms with Crippen molar-refractivity contribution < 1.29 is 19.4 Å². The second kappa shape index (κ2) is 10.4. The third-order valence-electron chi connectivity index (χ3n) is 5.26. The van der Waals surface area contributed by atoms with E-state index < -0.39 is 5.97 Å². The Morgan fingerprint density at radius 2 is 1.65 bits per heavy atom. The summed E-state index contributed by atoms with van der Waals surface area (Å²) < 4.78 is 11.2. The minimum atomic E-state index is -0.955. The largest absolute Gasteiger partial charge is 0.497 e. The number of rotatable bonds is 9. The summed E-state index contributed by atoms with van der Waals surface area (Å²) in [5.74, 6) is 1.88. The fourth-order valence-electron chi connectivity index (χ4n) is 3.50. The molecule has 2 N–H and O–H groups in total. The van der Waals surface area contributed by atoms with Crippen LogP contribution in [0.1, 0.15) is 35.5 Å². The van der Waals surface area contributed by atoms with Gasteiger partial charge in [0.2, 0.25) is 0 Å². The van der Waals surface area contributed by atoms with E-state index in [0.717, 1.165) is 57.0 Å². The number of benzene rings is 2. The maximum absolute atomic E-state index is 11.1. The lowest BCUT2D eigenvalue weighted by Crippen LogP contribution is -2.07. The molecule has 0 bridgehead atoms. The van der Waals surface area contributed by atoms with Gasteiger partial charge in [0.25, 0.3) is 0 Å². The van der Waals surface area contributed by atoms with E-state index in [-0.39, 0.29) is 5.56 Å². The Balaban J connectivity index is 1.62. The van der Waals surface area contributed by atoms with Gasteiger partial charge in [0, 0.05) is 16.9 Å². The van der Waals surface area contributed by atoms with Gasteiger partial charge in [-0.15, -0.1) is 0 Å². The zero-order valence-corrected chi connectivity index (χ0v) is 20.0. The van der Waals surface area contributed by atoms with Crippen LogP contribution in [-0.4, -0.2) is 28.2 Å². The highest BCUT2D eigenvalue weighted by molar-refractivity contribution is 7.17. The van der Waals surface area contributed by atoms with Gasteiger partial charge >= 0.3 is 5.97 Å². The Hall–Kier alpha value is -3.91. The summed E-state index contributed by atoms with van der Waals surface area (Å²) in [6.07, 6.45) is 1.54. The standard InChI is InChI=1S/C26H25N3O4S/c1-4-20-21(5-2)28-25(29-24(20)27-17-8-6-16(7-9-17)26(30)31)22-14-15-23(34-22)33-19-12-10-18(32-3)11-13-19/h6-15H,4-5H2,1-3H3,(H,30,31)(H,27,28,29). The number of aromatic carboxylic acids is 1. The number of hydrogen-bond donors (Lipinski definition) is 2. The number of ether oxygens (including phenoxy) is 2. The molecular weight excluding hydrogens is 450 g/mol. The van der Waals surface area contributed by atoms with Crippen LogP contribution in [0.3, 0.4) is 0 Å². The predicted octanol–water partition coefficient (Wildman–Crippen LogP) is 6.57. The van der Waals surface area contributed by atoms with Crippen LogP contribution in [0.25, 0.3) is 10.7 Å². The van der Waals surface area contributed by atoms with Crippen molar-refractivity contribution in [2.45, 2.75) is 26.7 Å². The molecule has 0 radical (unpaired) electrons. The van der Waals surface area contributed by atoms with Gasteiger partial charge in [-0.05, 0) is 73.5 Å². The number of thiophene rings is 1. The van der Waals surface area contributed by atoms with Crippen molar-refractivity contribution in [3.05, 3.63) is 77.5 Å². The van der Waals surface area contributed by atoms with Crippen molar-refractivity contribution in [1.82, 2.24) is 9.97 Å². The lowest BCUT2D eigenvalue weighted by molar-refractivity contribution is 0.0697. The van der Waals surface area contributed by atoms with Crippen molar-refractivity contribution in [1.29, 1.82) is 0 Å². The van der Waals surface area contributed by atoms with Crippen LogP contribution in [0.4, 0.5) is 11.5 Å². The summed E-state index contributed by atoms with van der Waals surface area (Å²) in [6.45, 7) is 4.14. The number of methoxy groups -OCH3 is 1. The Morgan fingerprint density at radius 3 is 2.26 bits per heavy atom. The van der Waals surface area contributed by atoms with E-state index >= 15 is 0 Å². The van der Waals surface area contributed by atoms with Crippen molar-refractivity contribution >= 4 is 28.8 Å². The lowest BCUT2D eigenvalue weighted by Gasteiger charge is -2.15. The van der Waals surface area contributed by atoms with Gasteiger partial charge in [0.1, 0.15) is 17.3 Å². The van der Waals surface area contributed by atoms with Crippen molar-refractivity contribution in [3.8, 4) is 27.3 Å². The zero-order chi connectivity index (χ0) is 24.1. The normalized spacial score (nSPS) is 10.7. The fraction of sp³-hybridized carbons (Fsp3) is 0.192. The van der Waals surface area contributed by atoms with Crippen LogP contribution in [0.15, 0.2) is 60.7 Å². The number of anilines is 2. The molecule has 2 heterocycles. The molecule has 4 aromatic rings. The maximum Gasteiger partial charge on any atom is 0.335 e. The van der Waals surface area contributed by atoms with E-state index in [1.54, 1.807) is 31.4 Å². The lowest BCUT2D eigenvalue weighted by atomic mass is 10.1. The summed E-state index contributed by atoms with van der Waals surface area (Å²) in [5.41, 5.74) is 3.02. The molecule has 0 saturated heterocycles. The molecule has 34 heavy (non-hydrogen) atoms. The third kappa shape index (κ3) is 5.18. The first-order valence-corrected chi connectivity index (χ1v) is 11.7. The number of aryl methyl sites for hydroxylation is 1. The van der Waals surface area contributed by atoms with Crippen LogP contribution in [0.5, 0.6) is 16.6 Å². The highest BCUT2D eigenvalue weighted by atomic mass is 32.1. The molecule has 0 atom stereocenters. The molecule has 8 heteroatoms. The van der Waals surface area contributed by atoms with Gasteiger partial charge < -0.3 is 19.9 Å². The van der Waals surface area contributed by atoms with Gasteiger partial charge in [-0.2, -0.15) is 0 Å². The Labute approximate surface area is 202 Å². The molecule has 174 valence electrons. The summed E-state index contributed by atoms with van der Waals surface area (Å²) in [7, 11) is 1.63. The Morgan fingerprint density at radius 1 is 0.941 bits per heavy atom. The number of nitrogens with one attached hydrogen (secondary N) is 1. The van der Waals surface area contributed by atoms with Gasteiger partial charge in [-0.25, -0.2) is 14.8 Å². The third-order valence-corrected chi connectivity index (χ3v) is 6.21. The maximum atomic E-state index is 11.1. The highest BCUT2D eigenvalue weighted by Crippen LogP contribution is 2.36. The van der Waals surface area contributed by atoms with Crippen LogP contribution < -0.4 is 14.8 Å². The van der Waals surface area contributed by atoms with Crippen LogP contribution in [-0.2, 0) is 12.8 Å². The van der Waals surface area contributed by atoms with Gasteiger partial charge in [0.05, 0.1) is 17.6 Å². The molecule has 0 amide bonds. The van der Waals surface area contributed by atoms with Gasteiger partial charge in [-0.1, -0.05) is 25.2 Å². The van der Waals surface area contributed by atoms with Crippen molar-refractivity contribution in [2.75, 3.05) is 12.4 Å². The molecule has 0 saturated carbocycles.